The van der Waals surface area contributed by atoms with E-state index in [9.17, 15) is 4.79 Å². The SMILES string of the molecule is CC(C)CN(C(=O)c1ccc(CN)o1)C1CCCC1. The van der Waals surface area contributed by atoms with Gasteiger partial charge in [0.25, 0.3) is 5.91 Å². The van der Waals surface area contributed by atoms with Crippen molar-refractivity contribution in [2.45, 2.75) is 52.1 Å². The Kier molecular flexibility index (Phi) is 4.64. The molecule has 0 aliphatic heterocycles. The lowest BCUT2D eigenvalue weighted by molar-refractivity contribution is 0.0621. The monoisotopic (exact) mass is 264 g/mol. The maximum Gasteiger partial charge on any atom is 0.289 e. The Balaban J connectivity index is 2.14. The Labute approximate surface area is 114 Å². The van der Waals surface area contributed by atoms with Gasteiger partial charge in [-0.3, -0.25) is 4.79 Å². The predicted octanol–water partition coefficient (Wildman–Crippen LogP) is 2.78. The Morgan fingerprint density at radius 2 is 2.11 bits per heavy atom. The zero-order chi connectivity index (χ0) is 13.8. The van der Waals surface area contributed by atoms with Crippen molar-refractivity contribution in [3.8, 4) is 0 Å². The maximum absolute atomic E-state index is 12.6. The second-order valence-corrected chi connectivity index (χ2v) is 5.76. The molecule has 0 bridgehead atoms. The molecule has 1 aliphatic rings. The van der Waals surface area contributed by atoms with Gasteiger partial charge in [-0.15, -0.1) is 0 Å². The van der Waals surface area contributed by atoms with Crippen molar-refractivity contribution in [2.75, 3.05) is 6.54 Å². The fourth-order valence-corrected chi connectivity index (χ4v) is 2.75. The minimum Gasteiger partial charge on any atom is -0.455 e. The molecule has 0 spiro atoms. The highest BCUT2D eigenvalue weighted by atomic mass is 16.4. The third-order valence-corrected chi connectivity index (χ3v) is 3.66. The summed E-state index contributed by atoms with van der Waals surface area (Å²) in [5.74, 6) is 1.57. The second-order valence-electron chi connectivity index (χ2n) is 5.76. The molecular formula is C15H24N2O2. The summed E-state index contributed by atoms with van der Waals surface area (Å²) in [5, 5.41) is 0. The minimum absolute atomic E-state index is 0.0142. The van der Waals surface area contributed by atoms with Crippen molar-refractivity contribution < 1.29 is 9.21 Å². The first-order valence-electron chi connectivity index (χ1n) is 7.21. The molecule has 2 N–H and O–H groups in total. The molecule has 0 radical (unpaired) electrons. The summed E-state index contributed by atoms with van der Waals surface area (Å²) in [7, 11) is 0. The number of hydrogen-bond acceptors (Lipinski definition) is 3. The van der Waals surface area contributed by atoms with Gasteiger partial charge < -0.3 is 15.1 Å². The fraction of sp³-hybridized carbons (Fsp3) is 0.667. The molecule has 1 aromatic heterocycles. The third kappa shape index (κ3) is 3.38. The number of rotatable bonds is 5. The van der Waals surface area contributed by atoms with Crippen LogP contribution in [0.25, 0.3) is 0 Å². The van der Waals surface area contributed by atoms with E-state index in [0.29, 0.717) is 30.0 Å². The number of furan rings is 1. The molecule has 0 atom stereocenters. The predicted molar refractivity (Wildman–Crippen MR) is 74.7 cm³/mol. The van der Waals surface area contributed by atoms with Gasteiger partial charge in [0.15, 0.2) is 5.76 Å². The lowest BCUT2D eigenvalue weighted by Crippen LogP contribution is -2.41. The molecule has 1 heterocycles. The molecule has 19 heavy (non-hydrogen) atoms. The van der Waals surface area contributed by atoms with E-state index in [1.165, 1.54) is 12.8 Å². The molecule has 1 fully saturated rings. The van der Waals surface area contributed by atoms with E-state index >= 15 is 0 Å². The topological polar surface area (TPSA) is 59.5 Å². The van der Waals surface area contributed by atoms with E-state index in [2.05, 4.69) is 13.8 Å². The van der Waals surface area contributed by atoms with Crippen LogP contribution in [0, 0.1) is 5.92 Å². The van der Waals surface area contributed by atoms with Gasteiger partial charge in [0.1, 0.15) is 5.76 Å². The van der Waals surface area contributed by atoms with Crippen LogP contribution in [0.15, 0.2) is 16.5 Å². The number of amides is 1. The normalized spacial score (nSPS) is 16.2. The summed E-state index contributed by atoms with van der Waals surface area (Å²) in [5.41, 5.74) is 5.52. The fourth-order valence-electron chi connectivity index (χ4n) is 2.75. The quantitative estimate of drug-likeness (QED) is 0.889. The standard InChI is InChI=1S/C15H24N2O2/c1-11(2)10-17(12-5-3-4-6-12)15(18)14-8-7-13(9-16)19-14/h7-8,11-12H,3-6,9-10,16H2,1-2H3. The van der Waals surface area contributed by atoms with Gasteiger partial charge in [0.2, 0.25) is 0 Å². The zero-order valence-electron chi connectivity index (χ0n) is 11.9. The molecule has 4 heteroatoms. The van der Waals surface area contributed by atoms with Crippen LogP contribution in [0.5, 0.6) is 0 Å². The molecule has 4 nitrogen and oxygen atoms in total. The van der Waals surface area contributed by atoms with Gasteiger partial charge in [-0.05, 0) is 30.9 Å². The lowest BCUT2D eigenvalue weighted by Gasteiger charge is -2.29. The van der Waals surface area contributed by atoms with Gasteiger partial charge in [0, 0.05) is 12.6 Å². The van der Waals surface area contributed by atoms with E-state index in [0.717, 1.165) is 19.4 Å². The first-order chi connectivity index (χ1) is 9.11. The van der Waals surface area contributed by atoms with Crippen LogP contribution in [0.3, 0.4) is 0 Å². The third-order valence-electron chi connectivity index (χ3n) is 3.66. The summed E-state index contributed by atoms with van der Waals surface area (Å²) < 4.78 is 5.50. The lowest BCUT2D eigenvalue weighted by atomic mass is 10.1. The number of nitrogens with two attached hydrogens (primary N) is 1. The summed E-state index contributed by atoms with van der Waals surface area (Å²) in [6, 6.07) is 3.91. The molecule has 0 unspecified atom stereocenters. The van der Waals surface area contributed by atoms with Crippen LogP contribution in [-0.2, 0) is 6.54 Å². The van der Waals surface area contributed by atoms with Crippen LogP contribution in [0.1, 0.15) is 55.8 Å². The van der Waals surface area contributed by atoms with Crippen LogP contribution in [0.2, 0.25) is 0 Å². The highest BCUT2D eigenvalue weighted by Gasteiger charge is 2.29. The van der Waals surface area contributed by atoms with E-state index in [1.807, 2.05) is 4.90 Å². The Morgan fingerprint density at radius 1 is 1.42 bits per heavy atom. The molecule has 1 aliphatic carbocycles. The molecule has 0 saturated heterocycles. The van der Waals surface area contributed by atoms with Crippen molar-refractivity contribution in [1.82, 2.24) is 4.90 Å². The maximum atomic E-state index is 12.6. The van der Waals surface area contributed by atoms with Crippen LogP contribution in [-0.4, -0.2) is 23.4 Å². The van der Waals surface area contributed by atoms with E-state index in [1.54, 1.807) is 12.1 Å². The summed E-state index contributed by atoms with van der Waals surface area (Å²) in [6.07, 6.45) is 4.67. The van der Waals surface area contributed by atoms with Crippen LogP contribution < -0.4 is 5.73 Å². The molecular weight excluding hydrogens is 240 g/mol. The first kappa shape index (κ1) is 14.1. The Morgan fingerprint density at radius 3 is 2.63 bits per heavy atom. The van der Waals surface area contributed by atoms with Crippen LogP contribution >= 0.6 is 0 Å². The molecule has 0 aromatic carbocycles. The molecule has 106 valence electrons. The second kappa shape index (κ2) is 6.24. The summed E-state index contributed by atoms with van der Waals surface area (Å²) in [6.45, 7) is 5.41. The molecule has 1 saturated carbocycles. The average molecular weight is 264 g/mol. The number of carbonyl (C=O) groups is 1. The van der Waals surface area contributed by atoms with Crippen molar-refractivity contribution in [2.24, 2.45) is 11.7 Å². The van der Waals surface area contributed by atoms with Gasteiger partial charge in [-0.25, -0.2) is 0 Å². The Hall–Kier alpha value is -1.29. The smallest absolute Gasteiger partial charge is 0.289 e. The number of hydrogen-bond donors (Lipinski definition) is 1. The van der Waals surface area contributed by atoms with E-state index < -0.39 is 0 Å². The molecule has 1 amide bonds. The number of carbonyl (C=O) groups excluding carboxylic acids is 1. The van der Waals surface area contributed by atoms with Gasteiger partial charge in [-0.1, -0.05) is 26.7 Å². The van der Waals surface area contributed by atoms with Crippen LogP contribution in [0.4, 0.5) is 0 Å². The van der Waals surface area contributed by atoms with Gasteiger partial charge in [-0.2, -0.15) is 0 Å². The van der Waals surface area contributed by atoms with Crippen molar-refractivity contribution >= 4 is 5.91 Å². The largest absolute Gasteiger partial charge is 0.455 e. The molecule has 2 rings (SSSR count). The van der Waals surface area contributed by atoms with E-state index in [4.69, 9.17) is 10.2 Å². The minimum atomic E-state index is 0.0142. The highest BCUT2D eigenvalue weighted by Crippen LogP contribution is 2.26. The van der Waals surface area contributed by atoms with E-state index in [-0.39, 0.29) is 5.91 Å². The molecule has 1 aromatic rings. The van der Waals surface area contributed by atoms with Crippen molar-refractivity contribution in [3.63, 3.8) is 0 Å². The van der Waals surface area contributed by atoms with Gasteiger partial charge >= 0.3 is 0 Å². The Bertz CT molecular complexity index is 420. The highest BCUT2D eigenvalue weighted by molar-refractivity contribution is 5.91. The van der Waals surface area contributed by atoms with Crippen molar-refractivity contribution in [1.29, 1.82) is 0 Å². The van der Waals surface area contributed by atoms with Crippen molar-refractivity contribution in [3.05, 3.63) is 23.7 Å². The summed E-state index contributed by atoms with van der Waals surface area (Å²) >= 11 is 0. The van der Waals surface area contributed by atoms with Gasteiger partial charge in [0.05, 0.1) is 6.54 Å². The number of nitrogens with zero attached hydrogens (tertiary/aromatic N) is 1. The zero-order valence-corrected chi connectivity index (χ0v) is 11.9. The summed E-state index contributed by atoms with van der Waals surface area (Å²) in [4.78, 5) is 14.6. The first-order valence-corrected chi connectivity index (χ1v) is 7.21. The average Bonchev–Trinajstić information content (AvgIpc) is 3.05.